The summed E-state index contributed by atoms with van der Waals surface area (Å²) >= 11 is 0. The van der Waals surface area contributed by atoms with Crippen molar-refractivity contribution in [2.75, 3.05) is 0 Å². The molecule has 7 heteroatoms. The molecule has 1 aromatic carbocycles. The van der Waals surface area contributed by atoms with Crippen LogP contribution in [0.1, 0.15) is 24.2 Å². The number of halogens is 4. The van der Waals surface area contributed by atoms with E-state index in [9.17, 15) is 31.9 Å². The summed E-state index contributed by atoms with van der Waals surface area (Å²) in [5, 5.41) is 0. The van der Waals surface area contributed by atoms with Crippen molar-refractivity contribution in [3.8, 4) is 0 Å². The molecule has 0 bridgehead atoms. The first-order valence-corrected chi connectivity index (χ1v) is 5.06. The van der Waals surface area contributed by atoms with Gasteiger partial charge in [-0.1, -0.05) is 0 Å². The molecular weight excluding hydrogens is 268 g/mol. The van der Waals surface area contributed by atoms with E-state index in [4.69, 9.17) is 0 Å². The zero-order valence-corrected chi connectivity index (χ0v) is 9.89. The fourth-order valence-electron chi connectivity index (χ4n) is 1.56. The molecule has 0 N–H and O–H groups in total. The van der Waals surface area contributed by atoms with Gasteiger partial charge in [0, 0.05) is 0 Å². The number of ketones is 3. The predicted molar refractivity (Wildman–Crippen MR) is 55.5 cm³/mol. The van der Waals surface area contributed by atoms with Gasteiger partial charge in [0.05, 0.1) is 5.56 Å². The van der Waals surface area contributed by atoms with E-state index in [2.05, 4.69) is 0 Å². The summed E-state index contributed by atoms with van der Waals surface area (Å²) in [6, 6.07) is 0.120. The van der Waals surface area contributed by atoms with Crippen LogP contribution in [0.2, 0.25) is 0 Å². The van der Waals surface area contributed by atoms with Gasteiger partial charge in [-0.05, 0) is 19.9 Å². The molecule has 19 heavy (non-hydrogen) atoms. The lowest BCUT2D eigenvalue weighted by atomic mass is 9.90. The molecule has 0 aliphatic rings. The second-order valence-corrected chi connectivity index (χ2v) is 3.87. The Labute approximate surface area is 105 Å². The van der Waals surface area contributed by atoms with E-state index >= 15 is 0 Å². The molecule has 0 fully saturated rings. The first-order valence-electron chi connectivity index (χ1n) is 5.06. The molecule has 0 spiro atoms. The summed E-state index contributed by atoms with van der Waals surface area (Å²) in [7, 11) is 0. The first-order chi connectivity index (χ1) is 8.68. The van der Waals surface area contributed by atoms with Gasteiger partial charge < -0.3 is 0 Å². The van der Waals surface area contributed by atoms with Crippen molar-refractivity contribution in [1.82, 2.24) is 0 Å². The average molecular weight is 276 g/mol. The molecule has 1 aromatic rings. The van der Waals surface area contributed by atoms with Gasteiger partial charge in [0.2, 0.25) is 0 Å². The van der Waals surface area contributed by atoms with Gasteiger partial charge in [-0.15, -0.1) is 0 Å². The number of carbonyl (C=O) groups excluding carboxylic acids is 3. The quantitative estimate of drug-likeness (QED) is 0.278. The van der Waals surface area contributed by atoms with Crippen molar-refractivity contribution >= 4 is 17.3 Å². The molecule has 0 saturated carbocycles. The zero-order valence-electron chi connectivity index (χ0n) is 9.89. The minimum Gasteiger partial charge on any atom is -0.299 e. The number of Topliss-reactive ketones (excluding diaryl/α,β-unsaturated/α-hetero) is 3. The normalized spacial score (nSPS) is 10.7. The zero-order chi connectivity index (χ0) is 14.9. The van der Waals surface area contributed by atoms with Gasteiger partial charge in [0.1, 0.15) is 17.5 Å². The van der Waals surface area contributed by atoms with Crippen molar-refractivity contribution in [3.05, 3.63) is 34.9 Å². The maximum Gasteiger partial charge on any atom is 0.198 e. The molecule has 0 aromatic heterocycles. The van der Waals surface area contributed by atoms with E-state index in [0.29, 0.717) is 0 Å². The number of carbonyl (C=O) groups is 3. The Hall–Kier alpha value is -2.05. The van der Waals surface area contributed by atoms with Crippen LogP contribution in [0, 0.1) is 29.2 Å². The first kappa shape index (κ1) is 15.0. The third-order valence-electron chi connectivity index (χ3n) is 2.44. The van der Waals surface area contributed by atoms with E-state index in [0.717, 1.165) is 13.8 Å². The van der Waals surface area contributed by atoms with Gasteiger partial charge in [-0.25, -0.2) is 17.6 Å². The maximum atomic E-state index is 13.4. The van der Waals surface area contributed by atoms with Crippen molar-refractivity contribution < 1.29 is 31.9 Å². The van der Waals surface area contributed by atoms with Crippen LogP contribution in [0.3, 0.4) is 0 Å². The Morgan fingerprint density at radius 2 is 1.37 bits per heavy atom. The molecule has 0 heterocycles. The standard InChI is InChI=1S/C12H8F4O3/c1-4(17)8(5(2)18)12(19)6-3-7(13)10(15)11(16)9(6)14/h3,8H,1-2H3. The Morgan fingerprint density at radius 1 is 0.895 bits per heavy atom. The van der Waals surface area contributed by atoms with Crippen molar-refractivity contribution in [1.29, 1.82) is 0 Å². The molecular formula is C12H8F4O3. The van der Waals surface area contributed by atoms with Crippen LogP contribution in [0.15, 0.2) is 6.07 Å². The third kappa shape index (κ3) is 2.69. The van der Waals surface area contributed by atoms with Gasteiger partial charge in [-0.2, -0.15) is 0 Å². The molecule has 0 aliphatic carbocycles. The Morgan fingerprint density at radius 3 is 1.79 bits per heavy atom. The predicted octanol–water partition coefficient (Wildman–Crippen LogP) is 2.22. The summed E-state index contributed by atoms with van der Waals surface area (Å²) in [6.45, 7) is 1.80. The smallest absolute Gasteiger partial charge is 0.198 e. The number of benzene rings is 1. The van der Waals surface area contributed by atoms with Crippen LogP contribution < -0.4 is 0 Å². The number of rotatable bonds is 4. The second kappa shape index (κ2) is 5.29. The topological polar surface area (TPSA) is 51.2 Å². The second-order valence-electron chi connectivity index (χ2n) is 3.87. The van der Waals surface area contributed by atoms with Crippen LogP contribution in [0.5, 0.6) is 0 Å². The Balaban J connectivity index is 3.42. The summed E-state index contributed by atoms with van der Waals surface area (Å²) in [5.41, 5.74) is -1.17. The maximum absolute atomic E-state index is 13.4. The third-order valence-corrected chi connectivity index (χ3v) is 2.44. The van der Waals surface area contributed by atoms with Crippen LogP contribution in [-0.4, -0.2) is 17.3 Å². The minimum absolute atomic E-state index is 0.120. The van der Waals surface area contributed by atoms with Crippen molar-refractivity contribution in [2.45, 2.75) is 13.8 Å². The summed E-state index contributed by atoms with van der Waals surface area (Å²) in [5.74, 6) is -13.0. The summed E-state index contributed by atoms with van der Waals surface area (Å²) in [6.07, 6.45) is 0. The number of hydrogen-bond donors (Lipinski definition) is 0. The molecule has 1 rings (SSSR count). The van der Waals surface area contributed by atoms with E-state index in [1.54, 1.807) is 0 Å². The molecule has 0 unspecified atom stereocenters. The highest BCUT2D eigenvalue weighted by Crippen LogP contribution is 2.22. The van der Waals surface area contributed by atoms with Crippen molar-refractivity contribution in [3.63, 3.8) is 0 Å². The SMILES string of the molecule is CC(=O)C(C(C)=O)C(=O)c1cc(F)c(F)c(F)c1F. The van der Waals surface area contributed by atoms with Crippen molar-refractivity contribution in [2.24, 2.45) is 5.92 Å². The monoisotopic (exact) mass is 276 g/mol. The number of hydrogen-bond acceptors (Lipinski definition) is 3. The van der Waals surface area contributed by atoms with Crippen LogP contribution in [-0.2, 0) is 9.59 Å². The highest BCUT2D eigenvalue weighted by molar-refractivity contribution is 6.23. The molecule has 0 atom stereocenters. The fourth-order valence-corrected chi connectivity index (χ4v) is 1.56. The average Bonchev–Trinajstić information content (AvgIpc) is 2.30. The van der Waals surface area contributed by atoms with E-state index in [1.807, 2.05) is 0 Å². The highest BCUT2D eigenvalue weighted by atomic mass is 19.2. The molecule has 3 nitrogen and oxygen atoms in total. The summed E-state index contributed by atoms with van der Waals surface area (Å²) < 4.78 is 52.0. The molecule has 0 saturated heterocycles. The van der Waals surface area contributed by atoms with Crippen LogP contribution >= 0.6 is 0 Å². The van der Waals surface area contributed by atoms with E-state index in [1.165, 1.54) is 0 Å². The van der Waals surface area contributed by atoms with E-state index in [-0.39, 0.29) is 6.07 Å². The molecule has 102 valence electrons. The molecule has 0 aliphatic heterocycles. The van der Waals surface area contributed by atoms with Gasteiger partial charge >= 0.3 is 0 Å². The lowest BCUT2D eigenvalue weighted by Gasteiger charge is -2.10. The lowest BCUT2D eigenvalue weighted by Crippen LogP contribution is -2.29. The van der Waals surface area contributed by atoms with Gasteiger partial charge in [0.15, 0.2) is 29.1 Å². The fraction of sp³-hybridized carbons (Fsp3) is 0.250. The Bertz CT molecular complexity index is 567. The molecule has 0 radical (unpaired) electrons. The largest absolute Gasteiger partial charge is 0.299 e. The van der Waals surface area contributed by atoms with Gasteiger partial charge in [-0.3, -0.25) is 14.4 Å². The lowest BCUT2D eigenvalue weighted by molar-refractivity contribution is -0.128. The van der Waals surface area contributed by atoms with Crippen LogP contribution in [0.25, 0.3) is 0 Å². The Kier molecular flexibility index (Phi) is 4.18. The molecule has 0 amide bonds. The van der Waals surface area contributed by atoms with E-state index < -0.39 is 52.1 Å². The summed E-state index contributed by atoms with van der Waals surface area (Å²) in [4.78, 5) is 34.0. The van der Waals surface area contributed by atoms with Crippen LogP contribution in [0.4, 0.5) is 17.6 Å². The minimum atomic E-state index is -2.17. The highest BCUT2D eigenvalue weighted by Gasteiger charge is 2.33. The van der Waals surface area contributed by atoms with Gasteiger partial charge in [0.25, 0.3) is 0 Å².